The summed E-state index contributed by atoms with van der Waals surface area (Å²) in [7, 11) is 0. The van der Waals surface area contributed by atoms with Crippen LogP contribution in [0.2, 0.25) is 0 Å². The van der Waals surface area contributed by atoms with E-state index in [0.29, 0.717) is 6.04 Å². The molecule has 1 saturated heterocycles. The van der Waals surface area contributed by atoms with Crippen molar-refractivity contribution in [1.82, 2.24) is 15.5 Å². The molecule has 1 aromatic rings. The molecule has 0 spiro atoms. The number of rotatable bonds is 3. The minimum Gasteiger partial charge on any atom is -0.365 e. The van der Waals surface area contributed by atoms with E-state index in [9.17, 15) is 0 Å². The summed E-state index contributed by atoms with van der Waals surface area (Å²) in [6.07, 6.45) is 3.85. The van der Waals surface area contributed by atoms with E-state index in [1.807, 2.05) is 0 Å². The second-order valence-electron chi connectivity index (χ2n) is 4.32. The number of aromatic nitrogens is 2. The zero-order valence-corrected chi connectivity index (χ0v) is 8.21. The van der Waals surface area contributed by atoms with E-state index in [4.69, 9.17) is 0 Å². The van der Waals surface area contributed by atoms with Crippen molar-refractivity contribution in [3.05, 3.63) is 11.8 Å². The Bertz CT molecular complexity index is 310. The topological polar surface area (TPSA) is 52.7 Å². The number of nitrogens with zero attached hydrogens (tertiary/aromatic N) is 1. The lowest BCUT2D eigenvalue weighted by atomic mass is 10.2. The zero-order valence-electron chi connectivity index (χ0n) is 8.21. The second kappa shape index (κ2) is 3.28. The maximum absolute atomic E-state index is 4.28. The van der Waals surface area contributed by atoms with Crippen LogP contribution >= 0.6 is 0 Å². The van der Waals surface area contributed by atoms with Gasteiger partial charge in [0.25, 0.3) is 0 Å². The minimum atomic E-state index is 0.561. The molecule has 1 aliphatic carbocycles. The molecular weight excluding hydrogens is 176 g/mol. The van der Waals surface area contributed by atoms with Crippen LogP contribution in [0.25, 0.3) is 0 Å². The molecule has 2 aliphatic rings. The maximum Gasteiger partial charge on any atom is 0.148 e. The van der Waals surface area contributed by atoms with E-state index >= 15 is 0 Å². The van der Waals surface area contributed by atoms with Gasteiger partial charge in [-0.15, -0.1) is 0 Å². The van der Waals surface area contributed by atoms with Crippen molar-refractivity contribution in [2.24, 2.45) is 0 Å². The first-order chi connectivity index (χ1) is 6.92. The highest BCUT2D eigenvalue weighted by molar-refractivity contribution is 5.38. The molecule has 2 fully saturated rings. The van der Waals surface area contributed by atoms with Gasteiger partial charge in [0.2, 0.25) is 0 Å². The fraction of sp³-hybridized carbons (Fsp3) is 0.700. The Morgan fingerprint density at radius 2 is 2.29 bits per heavy atom. The number of anilines is 1. The van der Waals surface area contributed by atoms with Crippen LogP contribution in [-0.2, 0) is 0 Å². The van der Waals surface area contributed by atoms with Crippen LogP contribution in [0.15, 0.2) is 6.07 Å². The van der Waals surface area contributed by atoms with Gasteiger partial charge in [0.1, 0.15) is 5.82 Å². The highest BCUT2D eigenvalue weighted by atomic mass is 15.2. The fourth-order valence-electron chi connectivity index (χ4n) is 2.00. The third kappa shape index (κ3) is 1.62. The van der Waals surface area contributed by atoms with Crippen molar-refractivity contribution in [2.45, 2.75) is 31.2 Å². The van der Waals surface area contributed by atoms with Gasteiger partial charge in [-0.05, 0) is 25.8 Å². The van der Waals surface area contributed by atoms with Crippen molar-refractivity contribution < 1.29 is 0 Å². The molecule has 2 heterocycles. The summed E-state index contributed by atoms with van der Waals surface area (Å²) < 4.78 is 0. The molecule has 1 atom stereocenters. The molecule has 0 radical (unpaired) electrons. The van der Waals surface area contributed by atoms with Crippen molar-refractivity contribution in [3.8, 4) is 0 Å². The molecule has 4 nitrogen and oxygen atoms in total. The standard InChI is InChI=1S/C10H16N4/c1-2-7(1)9-5-10(14-13-9)12-8-3-4-11-6-8/h5,7-8,11H,1-4,6H2,(H2,12,13,14). The zero-order chi connectivity index (χ0) is 9.38. The van der Waals surface area contributed by atoms with Gasteiger partial charge in [-0.2, -0.15) is 5.10 Å². The molecular formula is C10H16N4. The fourth-order valence-corrected chi connectivity index (χ4v) is 2.00. The average molecular weight is 192 g/mol. The Kier molecular flexibility index (Phi) is 1.94. The molecule has 0 amide bonds. The van der Waals surface area contributed by atoms with Gasteiger partial charge >= 0.3 is 0 Å². The number of H-pyrrole nitrogens is 1. The normalized spacial score (nSPS) is 26.7. The average Bonchev–Trinajstić information content (AvgIpc) is 2.75. The molecule has 3 N–H and O–H groups in total. The van der Waals surface area contributed by atoms with Crippen LogP contribution in [0, 0.1) is 0 Å². The molecule has 1 saturated carbocycles. The number of aromatic amines is 1. The molecule has 1 unspecified atom stereocenters. The monoisotopic (exact) mass is 192 g/mol. The van der Waals surface area contributed by atoms with Crippen LogP contribution in [0.4, 0.5) is 5.82 Å². The Morgan fingerprint density at radius 3 is 3.00 bits per heavy atom. The highest BCUT2D eigenvalue weighted by Crippen LogP contribution is 2.39. The third-order valence-electron chi connectivity index (χ3n) is 3.03. The van der Waals surface area contributed by atoms with Gasteiger partial charge in [0.05, 0.1) is 0 Å². The van der Waals surface area contributed by atoms with Gasteiger partial charge in [-0.25, -0.2) is 0 Å². The maximum atomic E-state index is 4.28. The van der Waals surface area contributed by atoms with E-state index in [2.05, 4.69) is 26.9 Å². The van der Waals surface area contributed by atoms with Crippen molar-refractivity contribution >= 4 is 5.82 Å². The van der Waals surface area contributed by atoms with E-state index in [1.165, 1.54) is 25.0 Å². The SMILES string of the molecule is c1c(NC2CCNC2)n[nH]c1C1CC1. The lowest BCUT2D eigenvalue weighted by Gasteiger charge is -2.08. The molecule has 4 heteroatoms. The lowest BCUT2D eigenvalue weighted by molar-refractivity contribution is 0.786. The van der Waals surface area contributed by atoms with Crippen LogP contribution in [-0.4, -0.2) is 29.3 Å². The van der Waals surface area contributed by atoms with Gasteiger partial charge in [0.15, 0.2) is 0 Å². The lowest BCUT2D eigenvalue weighted by Crippen LogP contribution is -2.22. The Morgan fingerprint density at radius 1 is 1.36 bits per heavy atom. The Balaban J connectivity index is 1.64. The predicted octanol–water partition coefficient (Wildman–Crippen LogP) is 1.06. The molecule has 0 bridgehead atoms. The summed E-state index contributed by atoms with van der Waals surface area (Å²) in [4.78, 5) is 0. The molecule has 1 aromatic heterocycles. The van der Waals surface area contributed by atoms with E-state index in [0.717, 1.165) is 24.8 Å². The smallest absolute Gasteiger partial charge is 0.148 e. The van der Waals surface area contributed by atoms with Gasteiger partial charge in [-0.1, -0.05) is 0 Å². The van der Waals surface area contributed by atoms with Gasteiger partial charge in [-0.3, -0.25) is 5.10 Å². The number of hydrogen-bond donors (Lipinski definition) is 3. The molecule has 0 aromatic carbocycles. The first kappa shape index (κ1) is 8.29. The summed E-state index contributed by atoms with van der Waals surface area (Å²) in [6, 6.07) is 2.72. The predicted molar refractivity (Wildman–Crippen MR) is 55.5 cm³/mol. The summed E-state index contributed by atoms with van der Waals surface area (Å²) >= 11 is 0. The number of hydrogen-bond acceptors (Lipinski definition) is 3. The van der Waals surface area contributed by atoms with Crippen molar-refractivity contribution in [3.63, 3.8) is 0 Å². The first-order valence-electron chi connectivity index (χ1n) is 5.44. The van der Waals surface area contributed by atoms with E-state index < -0.39 is 0 Å². The highest BCUT2D eigenvalue weighted by Gasteiger charge is 2.26. The van der Waals surface area contributed by atoms with E-state index in [-0.39, 0.29) is 0 Å². The molecule has 3 rings (SSSR count). The molecule has 14 heavy (non-hydrogen) atoms. The largest absolute Gasteiger partial charge is 0.365 e. The molecule has 76 valence electrons. The van der Waals surface area contributed by atoms with Crippen LogP contribution in [0.5, 0.6) is 0 Å². The molecule has 1 aliphatic heterocycles. The van der Waals surface area contributed by atoms with Crippen LogP contribution in [0.3, 0.4) is 0 Å². The second-order valence-corrected chi connectivity index (χ2v) is 4.32. The van der Waals surface area contributed by atoms with Crippen molar-refractivity contribution in [1.29, 1.82) is 0 Å². The summed E-state index contributed by atoms with van der Waals surface area (Å²) in [5, 5.41) is 14.2. The Hall–Kier alpha value is -1.03. The minimum absolute atomic E-state index is 0.561. The quantitative estimate of drug-likeness (QED) is 0.671. The Labute approximate surface area is 83.5 Å². The van der Waals surface area contributed by atoms with Gasteiger partial charge in [0, 0.05) is 30.3 Å². The van der Waals surface area contributed by atoms with Gasteiger partial charge < -0.3 is 10.6 Å². The van der Waals surface area contributed by atoms with Crippen LogP contribution in [0.1, 0.15) is 30.9 Å². The summed E-state index contributed by atoms with van der Waals surface area (Å²) in [6.45, 7) is 2.18. The summed E-state index contributed by atoms with van der Waals surface area (Å²) in [5.74, 6) is 1.78. The number of nitrogens with one attached hydrogen (secondary N) is 3. The van der Waals surface area contributed by atoms with Crippen LogP contribution < -0.4 is 10.6 Å². The summed E-state index contributed by atoms with van der Waals surface area (Å²) in [5.41, 5.74) is 1.30. The van der Waals surface area contributed by atoms with Crippen molar-refractivity contribution in [2.75, 3.05) is 18.4 Å². The van der Waals surface area contributed by atoms with E-state index in [1.54, 1.807) is 0 Å². The third-order valence-corrected chi connectivity index (χ3v) is 3.03. The first-order valence-corrected chi connectivity index (χ1v) is 5.44.